The zero-order chi connectivity index (χ0) is 18.6. The summed E-state index contributed by atoms with van der Waals surface area (Å²) in [5.41, 5.74) is 3.77. The van der Waals surface area contributed by atoms with Crippen molar-refractivity contribution in [2.24, 2.45) is 28.6 Å². The number of allylic oxidation sites excluding steroid dienone is 2. The highest BCUT2D eigenvalue weighted by Gasteiger charge is 2.58. The van der Waals surface area contributed by atoms with Crippen LogP contribution in [0.5, 0.6) is 0 Å². The molecule has 0 aromatic carbocycles. The molecule has 5 aliphatic rings. The monoisotopic (exact) mass is 370 g/mol. The molecule has 7 atom stereocenters. The first kappa shape index (κ1) is 18.4. The maximum atomic E-state index is 11.0. The quantitative estimate of drug-likeness (QED) is 0.648. The zero-order valence-corrected chi connectivity index (χ0v) is 17.3. The molecule has 1 heterocycles. The Morgan fingerprint density at radius 1 is 1.11 bits per heavy atom. The number of fused-ring (bicyclic) bond motifs is 5. The average molecular weight is 371 g/mol. The zero-order valence-electron chi connectivity index (χ0n) is 17.3. The maximum Gasteiger partial charge on any atom is 0.0633 e. The molecule has 2 saturated carbocycles. The minimum Gasteiger partial charge on any atom is -0.392 e. The van der Waals surface area contributed by atoms with E-state index in [2.05, 4.69) is 36.6 Å². The summed E-state index contributed by atoms with van der Waals surface area (Å²) >= 11 is 0. The van der Waals surface area contributed by atoms with Crippen molar-refractivity contribution in [2.45, 2.75) is 77.4 Å². The Balaban J connectivity index is 1.38. The standard InChI is InChI=1S/C24H38N2O/c1-23-11-10-21-19(8-6-16-4-3-5-22(27)24(16,21)2)20(23)9-7-17(23)14-18-15-25-12-13-26-18/h6-7,18-22,25-27H,3-5,8-15H2,1-2H3/t18?,19-,20-,21-,22?,23+,24-/m0/s1. The molecule has 3 heteroatoms. The molecule has 3 N–H and O–H groups in total. The van der Waals surface area contributed by atoms with Crippen LogP contribution in [-0.4, -0.2) is 36.9 Å². The van der Waals surface area contributed by atoms with E-state index in [0.29, 0.717) is 17.4 Å². The number of nitrogens with one attached hydrogen (secondary N) is 2. The fourth-order valence-corrected chi connectivity index (χ4v) is 7.81. The third-order valence-electron chi connectivity index (χ3n) is 9.48. The fraction of sp³-hybridized carbons (Fsp3) is 0.833. The van der Waals surface area contributed by atoms with Crippen molar-refractivity contribution >= 4 is 0 Å². The van der Waals surface area contributed by atoms with Crippen molar-refractivity contribution in [1.82, 2.24) is 10.6 Å². The van der Waals surface area contributed by atoms with Gasteiger partial charge in [0.15, 0.2) is 0 Å². The number of rotatable bonds is 2. The molecule has 3 fully saturated rings. The van der Waals surface area contributed by atoms with Gasteiger partial charge in [0.1, 0.15) is 0 Å². The average Bonchev–Trinajstić information content (AvgIpc) is 3.00. The van der Waals surface area contributed by atoms with E-state index in [9.17, 15) is 5.11 Å². The summed E-state index contributed by atoms with van der Waals surface area (Å²) in [7, 11) is 0. The van der Waals surface area contributed by atoms with Gasteiger partial charge in [-0.3, -0.25) is 0 Å². The van der Waals surface area contributed by atoms with Gasteiger partial charge in [-0.2, -0.15) is 0 Å². The van der Waals surface area contributed by atoms with Crippen molar-refractivity contribution in [2.75, 3.05) is 19.6 Å². The van der Waals surface area contributed by atoms with Gasteiger partial charge in [-0.1, -0.05) is 37.1 Å². The van der Waals surface area contributed by atoms with E-state index < -0.39 is 0 Å². The second-order valence-electron chi connectivity index (χ2n) is 10.5. The van der Waals surface area contributed by atoms with Crippen LogP contribution in [0, 0.1) is 28.6 Å². The minimum absolute atomic E-state index is 0.0557. The molecule has 3 nitrogen and oxygen atoms in total. The summed E-state index contributed by atoms with van der Waals surface area (Å²) in [5, 5.41) is 18.3. The molecule has 1 saturated heterocycles. The Hall–Kier alpha value is -0.640. The Kier molecular flexibility index (Phi) is 4.57. The van der Waals surface area contributed by atoms with Crippen LogP contribution in [0.25, 0.3) is 0 Å². The van der Waals surface area contributed by atoms with Gasteiger partial charge in [0.2, 0.25) is 0 Å². The molecule has 0 aromatic rings. The Morgan fingerprint density at radius 2 is 2.00 bits per heavy atom. The van der Waals surface area contributed by atoms with Crippen molar-refractivity contribution < 1.29 is 5.11 Å². The minimum atomic E-state index is -0.124. The second-order valence-corrected chi connectivity index (χ2v) is 10.5. The Morgan fingerprint density at radius 3 is 2.81 bits per heavy atom. The van der Waals surface area contributed by atoms with Crippen LogP contribution in [0.1, 0.15) is 65.2 Å². The van der Waals surface area contributed by atoms with Gasteiger partial charge in [0.25, 0.3) is 0 Å². The van der Waals surface area contributed by atoms with Crippen molar-refractivity contribution in [3.05, 3.63) is 23.3 Å². The Bertz CT molecular complexity index is 649. The second kappa shape index (κ2) is 6.71. The van der Waals surface area contributed by atoms with Crippen molar-refractivity contribution in [1.29, 1.82) is 0 Å². The first-order valence-electron chi connectivity index (χ1n) is 11.5. The number of hydrogen-bond donors (Lipinski definition) is 3. The Labute approximate surface area is 165 Å². The van der Waals surface area contributed by atoms with Crippen molar-refractivity contribution in [3.63, 3.8) is 0 Å². The largest absolute Gasteiger partial charge is 0.392 e. The van der Waals surface area contributed by atoms with Crippen LogP contribution < -0.4 is 10.6 Å². The molecule has 0 spiro atoms. The maximum absolute atomic E-state index is 11.0. The third kappa shape index (κ3) is 2.72. The van der Waals surface area contributed by atoms with Crippen LogP contribution in [0.3, 0.4) is 0 Å². The molecule has 2 unspecified atom stereocenters. The molecule has 0 aromatic heterocycles. The summed E-state index contributed by atoms with van der Waals surface area (Å²) in [6, 6.07) is 0.605. The van der Waals surface area contributed by atoms with Gasteiger partial charge < -0.3 is 15.7 Å². The summed E-state index contributed by atoms with van der Waals surface area (Å²) < 4.78 is 0. The highest BCUT2D eigenvalue weighted by molar-refractivity contribution is 5.31. The highest BCUT2D eigenvalue weighted by atomic mass is 16.3. The van der Waals surface area contributed by atoms with E-state index >= 15 is 0 Å². The van der Waals surface area contributed by atoms with E-state index in [0.717, 1.165) is 37.9 Å². The number of aliphatic hydroxyl groups is 1. The van der Waals surface area contributed by atoms with Gasteiger partial charge in [-0.25, -0.2) is 0 Å². The van der Waals surface area contributed by atoms with Gasteiger partial charge in [0, 0.05) is 31.1 Å². The van der Waals surface area contributed by atoms with Gasteiger partial charge >= 0.3 is 0 Å². The number of aliphatic hydroxyl groups excluding tert-OH is 1. The van der Waals surface area contributed by atoms with E-state index in [-0.39, 0.29) is 11.5 Å². The lowest BCUT2D eigenvalue weighted by Crippen LogP contribution is -2.54. The summed E-state index contributed by atoms with van der Waals surface area (Å²) in [5.74, 6) is 2.23. The molecule has 1 aliphatic heterocycles. The van der Waals surface area contributed by atoms with Gasteiger partial charge in [0.05, 0.1) is 6.10 Å². The van der Waals surface area contributed by atoms with E-state index in [4.69, 9.17) is 0 Å². The molecule has 0 bridgehead atoms. The van der Waals surface area contributed by atoms with Crippen LogP contribution in [-0.2, 0) is 0 Å². The van der Waals surface area contributed by atoms with Crippen molar-refractivity contribution in [3.8, 4) is 0 Å². The lowest BCUT2D eigenvalue weighted by molar-refractivity contribution is -0.0781. The molecular weight excluding hydrogens is 332 g/mol. The lowest BCUT2D eigenvalue weighted by Gasteiger charge is -2.58. The van der Waals surface area contributed by atoms with Crippen LogP contribution in [0.15, 0.2) is 23.3 Å². The van der Waals surface area contributed by atoms with E-state index in [1.54, 1.807) is 11.1 Å². The molecule has 0 amide bonds. The molecule has 5 rings (SSSR count). The highest BCUT2D eigenvalue weighted by Crippen LogP contribution is 2.65. The predicted octanol–water partition coefficient (Wildman–Crippen LogP) is 3.80. The van der Waals surface area contributed by atoms with E-state index in [1.165, 1.54) is 44.9 Å². The number of hydrogen-bond acceptors (Lipinski definition) is 3. The molecule has 27 heavy (non-hydrogen) atoms. The lowest BCUT2D eigenvalue weighted by atomic mass is 9.47. The molecular formula is C24H38N2O. The molecule has 0 radical (unpaired) electrons. The fourth-order valence-electron chi connectivity index (χ4n) is 7.81. The van der Waals surface area contributed by atoms with Gasteiger partial charge in [-0.05, 0) is 74.5 Å². The topological polar surface area (TPSA) is 44.3 Å². The van der Waals surface area contributed by atoms with Gasteiger partial charge in [-0.15, -0.1) is 0 Å². The first-order chi connectivity index (χ1) is 13.0. The summed E-state index contributed by atoms with van der Waals surface area (Å²) in [4.78, 5) is 0. The first-order valence-corrected chi connectivity index (χ1v) is 11.5. The van der Waals surface area contributed by atoms with E-state index in [1.807, 2.05) is 0 Å². The predicted molar refractivity (Wildman–Crippen MR) is 110 cm³/mol. The molecule has 150 valence electrons. The summed E-state index contributed by atoms with van der Waals surface area (Å²) in [6.45, 7) is 8.30. The third-order valence-corrected chi connectivity index (χ3v) is 9.48. The van der Waals surface area contributed by atoms with Crippen LogP contribution >= 0.6 is 0 Å². The number of piperazine rings is 1. The molecule has 4 aliphatic carbocycles. The van der Waals surface area contributed by atoms with Crippen LogP contribution in [0.4, 0.5) is 0 Å². The summed E-state index contributed by atoms with van der Waals surface area (Å²) in [6.07, 6.45) is 14.8. The smallest absolute Gasteiger partial charge is 0.0633 e. The normalized spacial score (nSPS) is 49.5. The SMILES string of the molecule is C[C@]12CC[C@H]3[C@@H](CC=C4CCCC(O)[C@@]43C)[C@@H]1CC=C2CC1CNCCN1. The van der Waals surface area contributed by atoms with Crippen LogP contribution in [0.2, 0.25) is 0 Å².